The summed E-state index contributed by atoms with van der Waals surface area (Å²) in [7, 11) is 0. The van der Waals surface area contributed by atoms with Gasteiger partial charge >= 0.3 is 18.5 Å². The number of nitrogen functional groups attached to an aromatic ring is 1. The Bertz CT molecular complexity index is 722. The summed E-state index contributed by atoms with van der Waals surface area (Å²) in [4.78, 5) is 0. The Balaban J connectivity index is 2.94. The van der Waals surface area contributed by atoms with Gasteiger partial charge in [0.25, 0.3) is 0 Å². The summed E-state index contributed by atoms with van der Waals surface area (Å²) in [6.07, 6.45) is -17.9. The molecule has 2 nitrogen and oxygen atoms in total. The van der Waals surface area contributed by atoms with Crippen molar-refractivity contribution in [1.29, 1.82) is 0 Å². The minimum absolute atomic E-state index is 0.0113. The maximum Gasteiger partial charge on any atom is 0.408 e. The maximum absolute atomic E-state index is 13.7. The van der Waals surface area contributed by atoms with E-state index in [1.165, 1.54) is 0 Å². The molecule has 0 aromatic heterocycles. The quantitative estimate of drug-likeness (QED) is 0.535. The van der Waals surface area contributed by atoms with Crippen LogP contribution in [0.25, 0.3) is 5.57 Å². The molecule has 0 bridgehead atoms. The lowest BCUT2D eigenvalue weighted by atomic mass is 9.62. The maximum atomic E-state index is 13.7. The normalized spacial score (nSPS) is 21.2. The number of rotatable bonds is 1. The van der Waals surface area contributed by atoms with Crippen molar-refractivity contribution in [2.24, 2.45) is 17.1 Å². The molecule has 1 aliphatic carbocycles. The second kappa shape index (κ2) is 5.85. The predicted octanol–water partition coefficient (Wildman–Crippen LogP) is 4.80. The van der Waals surface area contributed by atoms with Gasteiger partial charge in [0, 0.05) is 11.4 Å². The van der Waals surface area contributed by atoms with Crippen LogP contribution in [0.15, 0.2) is 42.1 Å². The molecule has 0 heterocycles. The zero-order valence-corrected chi connectivity index (χ0v) is 12.6. The molecule has 1 unspecified atom stereocenters. The molecule has 0 fully saturated rings. The highest BCUT2D eigenvalue weighted by molar-refractivity contribution is 5.76. The Labute approximate surface area is 141 Å². The number of nitrogens with two attached hydrogens (primary N) is 2. The third-order valence-electron chi connectivity index (χ3n) is 4.08. The molecule has 26 heavy (non-hydrogen) atoms. The van der Waals surface area contributed by atoms with E-state index < -0.39 is 46.7 Å². The van der Waals surface area contributed by atoms with Gasteiger partial charge in [0.2, 0.25) is 5.41 Å². The minimum Gasteiger partial charge on any atom is -0.401 e. The van der Waals surface area contributed by atoms with Gasteiger partial charge in [-0.25, -0.2) is 0 Å². The highest BCUT2D eigenvalue weighted by atomic mass is 19.4. The lowest BCUT2D eigenvalue weighted by Gasteiger charge is -2.46. The van der Waals surface area contributed by atoms with Gasteiger partial charge in [-0.1, -0.05) is 18.2 Å². The van der Waals surface area contributed by atoms with E-state index in [1.54, 1.807) is 0 Å². The Morgan fingerprint density at radius 3 is 1.58 bits per heavy atom. The number of alkyl halides is 9. The van der Waals surface area contributed by atoms with Crippen molar-refractivity contribution in [3.63, 3.8) is 0 Å². The summed E-state index contributed by atoms with van der Waals surface area (Å²) < 4.78 is 122. The van der Waals surface area contributed by atoms with Crippen LogP contribution in [0.5, 0.6) is 0 Å². The molecule has 1 aliphatic rings. The fraction of sp³-hybridized carbons (Fsp3) is 0.333. The molecule has 0 radical (unpaired) electrons. The third kappa shape index (κ3) is 2.88. The first-order valence-corrected chi connectivity index (χ1v) is 6.88. The first kappa shape index (κ1) is 20.0. The first-order valence-electron chi connectivity index (χ1n) is 6.88. The molecule has 0 amide bonds. The molecule has 0 aliphatic heterocycles. The van der Waals surface area contributed by atoms with Crippen molar-refractivity contribution in [2.75, 3.05) is 5.73 Å². The smallest absolute Gasteiger partial charge is 0.401 e. The largest absolute Gasteiger partial charge is 0.408 e. The van der Waals surface area contributed by atoms with E-state index in [-0.39, 0.29) is 5.69 Å². The van der Waals surface area contributed by atoms with Crippen molar-refractivity contribution >= 4 is 11.3 Å². The van der Waals surface area contributed by atoms with Crippen molar-refractivity contribution < 1.29 is 39.5 Å². The average molecular weight is 390 g/mol. The lowest BCUT2D eigenvalue weighted by molar-refractivity contribution is -0.359. The highest BCUT2D eigenvalue weighted by Gasteiger charge is 2.81. The van der Waals surface area contributed by atoms with Crippen molar-refractivity contribution in [3.8, 4) is 0 Å². The monoisotopic (exact) mass is 390 g/mol. The van der Waals surface area contributed by atoms with Crippen LogP contribution in [-0.4, -0.2) is 18.5 Å². The molecular formula is C15H11F9N2. The summed E-state index contributed by atoms with van der Waals surface area (Å²) in [5.41, 5.74) is 1.19. The molecule has 1 aromatic rings. The summed E-state index contributed by atoms with van der Waals surface area (Å²) in [5.74, 6) is -4.02. The third-order valence-corrected chi connectivity index (χ3v) is 4.08. The Kier molecular flexibility index (Phi) is 4.49. The molecule has 0 saturated heterocycles. The molecule has 144 valence electrons. The fourth-order valence-corrected chi connectivity index (χ4v) is 3.03. The standard InChI is InChI=1S/C15H11F9N2/c16-13(17,18)11-10(26)6-5-9(7-1-3-8(25)4-2-7)12(11,14(19,20)21)15(22,23)24/h1-6,11H,25-26H2. The number of benzene rings is 1. The van der Waals surface area contributed by atoms with Crippen molar-refractivity contribution in [2.45, 2.75) is 18.5 Å². The van der Waals surface area contributed by atoms with E-state index in [9.17, 15) is 39.5 Å². The molecule has 1 atom stereocenters. The first-order chi connectivity index (χ1) is 11.6. The summed E-state index contributed by atoms with van der Waals surface area (Å²) in [6.45, 7) is 0. The zero-order chi connectivity index (χ0) is 20.1. The lowest BCUT2D eigenvalue weighted by Crippen LogP contribution is -2.61. The van der Waals surface area contributed by atoms with E-state index in [2.05, 4.69) is 0 Å². The van der Waals surface area contributed by atoms with Gasteiger partial charge in [-0.3, -0.25) is 0 Å². The molecule has 1 aromatic carbocycles. The van der Waals surface area contributed by atoms with Crippen LogP contribution >= 0.6 is 0 Å². The van der Waals surface area contributed by atoms with Crippen molar-refractivity contribution in [1.82, 2.24) is 0 Å². The molecule has 2 rings (SSSR count). The topological polar surface area (TPSA) is 52.0 Å². The van der Waals surface area contributed by atoms with Crippen LogP contribution in [0, 0.1) is 11.3 Å². The molecule has 11 heteroatoms. The summed E-state index contributed by atoms with van der Waals surface area (Å²) in [6, 6.07) is 3.54. The van der Waals surface area contributed by atoms with Gasteiger partial charge in [-0.15, -0.1) is 0 Å². The van der Waals surface area contributed by atoms with Gasteiger partial charge in [-0.2, -0.15) is 39.5 Å². The van der Waals surface area contributed by atoms with E-state index >= 15 is 0 Å². The summed E-state index contributed by atoms with van der Waals surface area (Å²) >= 11 is 0. The Morgan fingerprint density at radius 1 is 0.731 bits per heavy atom. The van der Waals surface area contributed by atoms with Gasteiger partial charge in [0.1, 0.15) is 5.92 Å². The average Bonchev–Trinajstić information content (AvgIpc) is 2.44. The van der Waals surface area contributed by atoms with E-state index in [1.807, 2.05) is 0 Å². The van der Waals surface area contributed by atoms with Gasteiger partial charge < -0.3 is 11.5 Å². The molecule has 0 spiro atoms. The highest BCUT2D eigenvalue weighted by Crippen LogP contribution is 2.67. The fourth-order valence-electron chi connectivity index (χ4n) is 3.03. The van der Waals surface area contributed by atoms with Crippen LogP contribution < -0.4 is 11.5 Å². The van der Waals surface area contributed by atoms with Crippen molar-refractivity contribution in [3.05, 3.63) is 47.7 Å². The second-order valence-electron chi connectivity index (χ2n) is 5.65. The predicted molar refractivity (Wildman–Crippen MR) is 75.2 cm³/mol. The van der Waals surface area contributed by atoms with E-state index in [0.717, 1.165) is 24.3 Å². The number of hydrogen-bond donors (Lipinski definition) is 2. The number of allylic oxidation sites excluding steroid dienone is 4. The Morgan fingerprint density at radius 2 is 1.19 bits per heavy atom. The minimum atomic E-state index is -6.34. The van der Waals surface area contributed by atoms with Gasteiger partial charge in [0.15, 0.2) is 0 Å². The van der Waals surface area contributed by atoms with Gasteiger partial charge in [0.05, 0.1) is 0 Å². The number of hydrogen-bond acceptors (Lipinski definition) is 2. The molecule has 4 N–H and O–H groups in total. The van der Waals surface area contributed by atoms with E-state index in [0.29, 0.717) is 12.2 Å². The SMILES string of the molecule is NC1=CC=C(c2ccc(N)cc2)C(C(F)(F)F)(C(F)(F)F)C1C(F)(F)F. The van der Waals surface area contributed by atoms with Crippen LogP contribution in [0.2, 0.25) is 0 Å². The van der Waals surface area contributed by atoms with Crippen LogP contribution in [-0.2, 0) is 0 Å². The zero-order valence-electron chi connectivity index (χ0n) is 12.6. The van der Waals surface area contributed by atoms with Gasteiger partial charge in [-0.05, 0) is 29.3 Å². The van der Waals surface area contributed by atoms with E-state index in [4.69, 9.17) is 11.5 Å². The Hall–Kier alpha value is -2.33. The summed E-state index contributed by atoms with van der Waals surface area (Å²) in [5, 5.41) is 0. The molecule has 0 saturated carbocycles. The van der Waals surface area contributed by atoms with Crippen LogP contribution in [0.3, 0.4) is 0 Å². The van der Waals surface area contributed by atoms with Crippen LogP contribution in [0.4, 0.5) is 45.2 Å². The van der Waals surface area contributed by atoms with Crippen LogP contribution in [0.1, 0.15) is 5.56 Å². The molecular weight excluding hydrogens is 379 g/mol. The number of anilines is 1. The number of halogens is 9. The second-order valence-corrected chi connectivity index (χ2v) is 5.65.